The van der Waals surface area contributed by atoms with Gasteiger partial charge in [-0.15, -0.1) is 0 Å². The fourth-order valence-corrected chi connectivity index (χ4v) is 2.85. The van der Waals surface area contributed by atoms with Gasteiger partial charge in [-0.25, -0.2) is 0 Å². The second-order valence-electron chi connectivity index (χ2n) is 6.27. The molecule has 1 aliphatic rings. The lowest BCUT2D eigenvalue weighted by atomic mass is 9.91. The molecule has 0 bridgehead atoms. The Bertz CT molecular complexity index is 381. The van der Waals surface area contributed by atoms with Crippen LogP contribution in [0.4, 0.5) is 0 Å². The van der Waals surface area contributed by atoms with Gasteiger partial charge in [0, 0.05) is 12.1 Å². The quantitative estimate of drug-likeness (QED) is 0.773. The van der Waals surface area contributed by atoms with Crippen molar-refractivity contribution in [2.24, 2.45) is 0 Å². The van der Waals surface area contributed by atoms with Crippen LogP contribution in [0.25, 0.3) is 0 Å². The van der Waals surface area contributed by atoms with Crippen LogP contribution in [0.2, 0.25) is 0 Å². The second-order valence-corrected chi connectivity index (χ2v) is 6.27. The predicted octanol–water partition coefficient (Wildman–Crippen LogP) is 3.91. The van der Waals surface area contributed by atoms with Crippen molar-refractivity contribution in [3.8, 4) is 0 Å². The molecule has 1 fully saturated rings. The number of aryl methyl sites for hydroxylation is 1. The van der Waals surface area contributed by atoms with Gasteiger partial charge in [-0.3, -0.25) is 0 Å². The van der Waals surface area contributed by atoms with Crippen LogP contribution >= 0.6 is 0 Å². The van der Waals surface area contributed by atoms with Crippen LogP contribution in [0.5, 0.6) is 0 Å². The lowest BCUT2D eigenvalue weighted by Gasteiger charge is -2.35. The third kappa shape index (κ3) is 4.32. The second kappa shape index (κ2) is 7.80. The van der Waals surface area contributed by atoms with Crippen molar-refractivity contribution in [3.05, 3.63) is 35.4 Å². The average molecular weight is 274 g/mol. The van der Waals surface area contributed by atoms with Crippen LogP contribution in [0.15, 0.2) is 24.3 Å². The fourth-order valence-electron chi connectivity index (χ4n) is 2.85. The normalized spacial score (nSPS) is 17.2. The number of benzene rings is 1. The maximum Gasteiger partial charge on any atom is 0.0332 e. The van der Waals surface area contributed by atoms with Crippen molar-refractivity contribution in [1.29, 1.82) is 0 Å². The van der Waals surface area contributed by atoms with Crippen LogP contribution in [-0.4, -0.2) is 31.1 Å². The molecule has 0 aromatic heterocycles. The number of hydrogen-bond donors (Lipinski definition) is 1. The molecule has 0 saturated heterocycles. The number of hydrogen-bond acceptors (Lipinski definition) is 2. The van der Waals surface area contributed by atoms with E-state index >= 15 is 0 Å². The van der Waals surface area contributed by atoms with Crippen LogP contribution in [0.1, 0.15) is 56.2 Å². The summed E-state index contributed by atoms with van der Waals surface area (Å²) in [7, 11) is 2.29. The Kier molecular flexibility index (Phi) is 6.06. The van der Waals surface area contributed by atoms with Gasteiger partial charge in [-0.1, -0.05) is 43.2 Å². The van der Waals surface area contributed by atoms with Crippen molar-refractivity contribution in [3.63, 3.8) is 0 Å². The summed E-state index contributed by atoms with van der Waals surface area (Å²) < 4.78 is 0. The molecule has 20 heavy (non-hydrogen) atoms. The van der Waals surface area contributed by atoms with E-state index in [2.05, 4.69) is 55.4 Å². The van der Waals surface area contributed by atoms with Crippen molar-refractivity contribution in [2.45, 2.75) is 58.0 Å². The first kappa shape index (κ1) is 15.5. The molecule has 0 amide bonds. The summed E-state index contributed by atoms with van der Waals surface area (Å²) in [6.07, 6.45) is 6.61. The summed E-state index contributed by atoms with van der Waals surface area (Å²) in [5, 5.41) is 3.71. The molecule has 2 rings (SSSR count). The zero-order chi connectivity index (χ0) is 14.4. The summed E-state index contributed by atoms with van der Waals surface area (Å²) in [5.74, 6) is 0. The SMILES string of the molecule is CCCNC(CCN(C)C1CCC1)c1ccc(C)cc1. The molecule has 112 valence electrons. The maximum absolute atomic E-state index is 3.71. The molecule has 1 saturated carbocycles. The third-order valence-electron chi connectivity index (χ3n) is 4.59. The van der Waals surface area contributed by atoms with Gasteiger partial charge in [0.25, 0.3) is 0 Å². The summed E-state index contributed by atoms with van der Waals surface area (Å²) in [6, 6.07) is 10.4. The molecule has 2 heteroatoms. The van der Waals surface area contributed by atoms with Crippen LogP contribution < -0.4 is 5.32 Å². The molecule has 0 spiro atoms. The lowest BCUT2D eigenvalue weighted by molar-refractivity contribution is 0.153. The minimum absolute atomic E-state index is 0.498. The molecule has 1 aromatic carbocycles. The highest BCUT2D eigenvalue weighted by Gasteiger charge is 2.22. The zero-order valence-electron chi connectivity index (χ0n) is 13.4. The van der Waals surface area contributed by atoms with Gasteiger partial charge >= 0.3 is 0 Å². The van der Waals surface area contributed by atoms with Crippen LogP contribution in [-0.2, 0) is 0 Å². The lowest BCUT2D eigenvalue weighted by Crippen LogP contribution is -2.39. The van der Waals surface area contributed by atoms with E-state index in [-0.39, 0.29) is 0 Å². The third-order valence-corrected chi connectivity index (χ3v) is 4.59. The van der Waals surface area contributed by atoms with Crippen molar-refractivity contribution < 1.29 is 0 Å². The molecule has 0 aliphatic heterocycles. The van der Waals surface area contributed by atoms with Gasteiger partial charge in [0.05, 0.1) is 0 Å². The van der Waals surface area contributed by atoms with E-state index in [1.807, 2.05) is 0 Å². The number of rotatable bonds is 8. The monoisotopic (exact) mass is 274 g/mol. The number of nitrogens with one attached hydrogen (secondary N) is 1. The highest BCUT2D eigenvalue weighted by molar-refractivity contribution is 5.24. The molecule has 1 aromatic rings. The minimum Gasteiger partial charge on any atom is -0.310 e. The van der Waals surface area contributed by atoms with E-state index in [0.717, 1.165) is 12.6 Å². The Morgan fingerprint density at radius 3 is 2.50 bits per heavy atom. The predicted molar refractivity (Wildman–Crippen MR) is 87.1 cm³/mol. The topological polar surface area (TPSA) is 15.3 Å². The van der Waals surface area contributed by atoms with E-state index in [0.29, 0.717) is 6.04 Å². The Morgan fingerprint density at radius 1 is 1.25 bits per heavy atom. The van der Waals surface area contributed by atoms with E-state index in [4.69, 9.17) is 0 Å². The van der Waals surface area contributed by atoms with Gasteiger partial charge < -0.3 is 10.2 Å². The van der Waals surface area contributed by atoms with E-state index in [1.54, 1.807) is 0 Å². The number of nitrogens with zero attached hydrogens (tertiary/aromatic N) is 1. The Hall–Kier alpha value is -0.860. The Balaban J connectivity index is 1.90. The Labute approximate surface area is 124 Å². The fraction of sp³-hybridized carbons (Fsp3) is 0.667. The average Bonchev–Trinajstić information content (AvgIpc) is 2.38. The van der Waals surface area contributed by atoms with Crippen molar-refractivity contribution in [1.82, 2.24) is 10.2 Å². The molecule has 1 aliphatic carbocycles. The van der Waals surface area contributed by atoms with Gasteiger partial charge in [-0.05, 0) is 58.3 Å². The summed E-state index contributed by atoms with van der Waals surface area (Å²) >= 11 is 0. The molecular weight excluding hydrogens is 244 g/mol. The summed E-state index contributed by atoms with van der Waals surface area (Å²) in [5.41, 5.74) is 2.78. The first-order valence-electron chi connectivity index (χ1n) is 8.21. The molecule has 2 nitrogen and oxygen atoms in total. The molecule has 1 atom stereocenters. The molecule has 0 radical (unpaired) electrons. The largest absolute Gasteiger partial charge is 0.310 e. The highest BCUT2D eigenvalue weighted by atomic mass is 15.1. The summed E-state index contributed by atoms with van der Waals surface area (Å²) in [4.78, 5) is 2.55. The molecule has 0 heterocycles. The standard InChI is InChI=1S/C18H30N2/c1-4-13-19-18(16-10-8-15(2)9-11-16)12-14-20(3)17-6-5-7-17/h8-11,17-19H,4-7,12-14H2,1-3H3. The van der Waals surface area contributed by atoms with E-state index < -0.39 is 0 Å². The van der Waals surface area contributed by atoms with Gasteiger partial charge in [0.2, 0.25) is 0 Å². The van der Waals surface area contributed by atoms with Gasteiger partial charge in [0.15, 0.2) is 0 Å². The van der Waals surface area contributed by atoms with Crippen molar-refractivity contribution >= 4 is 0 Å². The van der Waals surface area contributed by atoms with Gasteiger partial charge in [-0.2, -0.15) is 0 Å². The van der Waals surface area contributed by atoms with Gasteiger partial charge in [0.1, 0.15) is 0 Å². The molecule has 1 unspecified atom stereocenters. The summed E-state index contributed by atoms with van der Waals surface area (Å²) in [6.45, 7) is 6.69. The molecule has 1 N–H and O–H groups in total. The Morgan fingerprint density at radius 2 is 1.95 bits per heavy atom. The first-order valence-corrected chi connectivity index (χ1v) is 8.21. The minimum atomic E-state index is 0.498. The highest BCUT2D eigenvalue weighted by Crippen LogP contribution is 2.25. The van der Waals surface area contributed by atoms with Crippen LogP contribution in [0.3, 0.4) is 0 Å². The molecular formula is C18H30N2. The van der Waals surface area contributed by atoms with Crippen molar-refractivity contribution in [2.75, 3.05) is 20.1 Å². The van der Waals surface area contributed by atoms with E-state index in [1.165, 1.54) is 49.8 Å². The zero-order valence-corrected chi connectivity index (χ0v) is 13.4. The smallest absolute Gasteiger partial charge is 0.0332 e. The maximum atomic E-state index is 3.71. The first-order chi connectivity index (χ1) is 9.70. The van der Waals surface area contributed by atoms with E-state index in [9.17, 15) is 0 Å². The van der Waals surface area contributed by atoms with Crippen LogP contribution in [0, 0.1) is 6.92 Å².